The molecule has 3 aromatic rings. The van der Waals surface area contributed by atoms with Crippen LogP contribution in [0.15, 0.2) is 40.0 Å². The van der Waals surface area contributed by atoms with Gasteiger partial charge in [-0.15, -0.1) is 21.5 Å². The number of nitrogens with one attached hydrogen (secondary N) is 1. The maximum Gasteiger partial charge on any atom is 0.277 e. The predicted molar refractivity (Wildman–Crippen MR) is 109 cm³/mol. The molecule has 1 N–H and O–H groups in total. The van der Waals surface area contributed by atoms with Crippen LogP contribution >= 0.6 is 23.1 Å². The van der Waals surface area contributed by atoms with Crippen molar-refractivity contribution in [2.45, 2.75) is 43.6 Å². The number of amides is 1. The third kappa shape index (κ3) is 4.28. The minimum absolute atomic E-state index is 0.254. The van der Waals surface area contributed by atoms with Gasteiger partial charge < -0.3 is 9.73 Å². The zero-order valence-electron chi connectivity index (χ0n) is 15.6. The Hall–Kier alpha value is -2.19. The van der Waals surface area contributed by atoms with Gasteiger partial charge in [0, 0.05) is 10.6 Å². The number of fused-ring (bicyclic) bond motifs is 1. The summed E-state index contributed by atoms with van der Waals surface area (Å²) in [6, 6.07) is 7.95. The number of benzene rings is 1. The van der Waals surface area contributed by atoms with Crippen molar-refractivity contribution in [3.8, 4) is 10.8 Å². The summed E-state index contributed by atoms with van der Waals surface area (Å²) >= 11 is 2.90. The van der Waals surface area contributed by atoms with Gasteiger partial charge in [-0.3, -0.25) is 4.79 Å². The van der Waals surface area contributed by atoms with Gasteiger partial charge in [0.25, 0.3) is 11.1 Å². The van der Waals surface area contributed by atoms with Gasteiger partial charge in [0.2, 0.25) is 5.91 Å². The Morgan fingerprint density at radius 3 is 3.07 bits per heavy atom. The Morgan fingerprint density at radius 1 is 1.39 bits per heavy atom. The lowest BCUT2D eigenvalue weighted by molar-refractivity contribution is -0.115. The van der Waals surface area contributed by atoms with E-state index < -0.39 is 11.1 Å². The number of anilines is 1. The summed E-state index contributed by atoms with van der Waals surface area (Å²) in [7, 11) is 0. The lowest BCUT2D eigenvalue weighted by Gasteiger charge is -2.16. The van der Waals surface area contributed by atoms with Crippen LogP contribution in [0, 0.1) is 11.7 Å². The minimum atomic E-state index is -0.464. The second-order valence-electron chi connectivity index (χ2n) is 7.04. The number of aryl methyl sites for hydroxylation is 1. The Labute approximate surface area is 170 Å². The number of hydrogen-bond acceptors (Lipinski definition) is 6. The van der Waals surface area contributed by atoms with E-state index in [0.717, 1.165) is 17.7 Å². The van der Waals surface area contributed by atoms with Crippen molar-refractivity contribution in [1.82, 2.24) is 10.2 Å². The Morgan fingerprint density at radius 2 is 2.25 bits per heavy atom. The lowest BCUT2D eigenvalue weighted by atomic mass is 9.90. The standard InChI is InChI=1S/C20H20FN3O2S2/c1-11-6-7-16-13(8-11)9-17(28-16)19-23-24-20(26-19)27-12(2)18(25)22-15-5-3-4-14(21)10-15/h3-5,9-12H,6-8H2,1-2H3,(H,22,25)/t11-,12+/m0/s1. The summed E-state index contributed by atoms with van der Waals surface area (Å²) in [5.74, 6) is 0.553. The molecule has 0 saturated carbocycles. The molecule has 0 bridgehead atoms. The van der Waals surface area contributed by atoms with Gasteiger partial charge in [-0.2, -0.15) is 0 Å². The van der Waals surface area contributed by atoms with Gasteiger partial charge >= 0.3 is 0 Å². The molecule has 1 aromatic carbocycles. The maximum atomic E-state index is 13.2. The average Bonchev–Trinajstić information content (AvgIpc) is 3.27. The lowest BCUT2D eigenvalue weighted by Crippen LogP contribution is -2.22. The summed E-state index contributed by atoms with van der Waals surface area (Å²) in [4.78, 5) is 14.7. The zero-order valence-corrected chi connectivity index (χ0v) is 17.2. The van der Waals surface area contributed by atoms with Crippen molar-refractivity contribution in [3.63, 3.8) is 0 Å². The number of hydrogen-bond donors (Lipinski definition) is 1. The number of halogens is 1. The van der Waals surface area contributed by atoms with Gasteiger partial charge in [-0.05, 0) is 61.9 Å². The minimum Gasteiger partial charge on any atom is -0.410 e. The average molecular weight is 418 g/mol. The largest absolute Gasteiger partial charge is 0.410 e. The Bertz CT molecular complexity index is 1000. The molecule has 0 aliphatic heterocycles. The first kappa shape index (κ1) is 19.1. The van der Waals surface area contributed by atoms with Crippen LogP contribution in [0.5, 0.6) is 0 Å². The number of carbonyl (C=O) groups excluding carboxylic acids is 1. The topological polar surface area (TPSA) is 68.0 Å². The fourth-order valence-electron chi connectivity index (χ4n) is 3.18. The number of thioether (sulfide) groups is 1. The number of nitrogens with zero attached hydrogens (tertiary/aromatic N) is 2. The molecule has 1 aliphatic rings. The van der Waals surface area contributed by atoms with Crippen LogP contribution < -0.4 is 5.32 Å². The molecular formula is C20H20FN3O2S2. The third-order valence-electron chi connectivity index (χ3n) is 4.69. The van der Waals surface area contributed by atoms with Crippen LogP contribution in [0.25, 0.3) is 10.8 Å². The van der Waals surface area contributed by atoms with E-state index in [1.165, 1.54) is 40.8 Å². The maximum absolute atomic E-state index is 13.2. The van der Waals surface area contributed by atoms with Crippen molar-refractivity contribution >= 4 is 34.7 Å². The zero-order chi connectivity index (χ0) is 19.7. The molecule has 8 heteroatoms. The molecule has 5 nitrogen and oxygen atoms in total. The van der Waals surface area contributed by atoms with Gasteiger partial charge in [0.05, 0.1) is 10.1 Å². The first-order valence-electron chi connectivity index (χ1n) is 9.16. The van der Waals surface area contributed by atoms with E-state index in [1.54, 1.807) is 30.4 Å². The first-order chi connectivity index (χ1) is 13.5. The van der Waals surface area contributed by atoms with E-state index in [1.807, 2.05) is 0 Å². The fourth-order valence-corrected chi connectivity index (χ4v) is 5.00. The van der Waals surface area contributed by atoms with Crippen molar-refractivity contribution < 1.29 is 13.6 Å². The van der Waals surface area contributed by atoms with Crippen molar-refractivity contribution in [2.24, 2.45) is 5.92 Å². The van der Waals surface area contributed by atoms with E-state index in [9.17, 15) is 9.18 Å². The van der Waals surface area contributed by atoms with Crippen molar-refractivity contribution in [3.05, 3.63) is 46.6 Å². The highest BCUT2D eigenvalue weighted by molar-refractivity contribution is 8.00. The highest BCUT2D eigenvalue weighted by Crippen LogP contribution is 2.37. The van der Waals surface area contributed by atoms with E-state index >= 15 is 0 Å². The summed E-state index contributed by atoms with van der Waals surface area (Å²) in [6.07, 6.45) is 3.42. The molecule has 0 saturated heterocycles. The van der Waals surface area contributed by atoms with Gasteiger partial charge in [0.1, 0.15) is 5.82 Å². The number of aromatic nitrogens is 2. The molecule has 0 radical (unpaired) electrons. The number of thiophene rings is 1. The molecule has 2 atom stereocenters. The van der Waals surface area contributed by atoms with E-state index in [4.69, 9.17) is 4.42 Å². The van der Waals surface area contributed by atoms with E-state index in [0.29, 0.717) is 22.7 Å². The van der Waals surface area contributed by atoms with Gasteiger partial charge in [0.15, 0.2) is 0 Å². The molecule has 146 valence electrons. The molecular weight excluding hydrogens is 397 g/mol. The Balaban J connectivity index is 1.41. The van der Waals surface area contributed by atoms with Crippen molar-refractivity contribution in [1.29, 1.82) is 0 Å². The number of rotatable bonds is 5. The third-order valence-corrected chi connectivity index (χ3v) is 6.84. The SMILES string of the molecule is C[C@H]1CCc2sc(-c3nnc(S[C@H](C)C(=O)Nc4cccc(F)c4)o3)cc2C1. The van der Waals surface area contributed by atoms with E-state index in [2.05, 4.69) is 28.5 Å². The van der Waals surface area contributed by atoms with Crippen LogP contribution in [-0.4, -0.2) is 21.4 Å². The van der Waals surface area contributed by atoms with E-state index in [-0.39, 0.29) is 5.91 Å². The molecule has 1 amide bonds. The highest BCUT2D eigenvalue weighted by atomic mass is 32.2. The van der Waals surface area contributed by atoms with Crippen LogP contribution in [-0.2, 0) is 17.6 Å². The van der Waals surface area contributed by atoms with Crippen LogP contribution in [0.4, 0.5) is 10.1 Å². The predicted octanol–water partition coefficient (Wildman–Crippen LogP) is 5.18. The quantitative estimate of drug-likeness (QED) is 0.579. The molecule has 0 unspecified atom stereocenters. The molecule has 1 aliphatic carbocycles. The number of carbonyl (C=O) groups is 1. The molecule has 28 heavy (non-hydrogen) atoms. The molecule has 0 spiro atoms. The summed E-state index contributed by atoms with van der Waals surface area (Å²) in [6.45, 7) is 4.02. The normalized spacial score (nSPS) is 17.2. The second kappa shape index (κ2) is 8.05. The van der Waals surface area contributed by atoms with Gasteiger partial charge in [-0.1, -0.05) is 24.8 Å². The van der Waals surface area contributed by atoms with Crippen LogP contribution in [0.1, 0.15) is 30.7 Å². The molecule has 0 fully saturated rings. The van der Waals surface area contributed by atoms with Gasteiger partial charge in [-0.25, -0.2) is 4.39 Å². The Kier molecular flexibility index (Phi) is 5.50. The second-order valence-corrected chi connectivity index (χ2v) is 9.47. The smallest absolute Gasteiger partial charge is 0.277 e. The van der Waals surface area contributed by atoms with Crippen LogP contribution in [0.2, 0.25) is 0 Å². The summed E-state index contributed by atoms with van der Waals surface area (Å²) < 4.78 is 19.0. The molecule has 2 aromatic heterocycles. The first-order valence-corrected chi connectivity index (χ1v) is 10.9. The molecule has 2 heterocycles. The highest BCUT2D eigenvalue weighted by Gasteiger charge is 2.22. The summed E-state index contributed by atoms with van der Waals surface area (Å²) in [5.41, 5.74) is 1.80. The summed E-state index contributed by atoms with van der Waals surface area (Å²) in [5, 5.41) is 10.8. The van der Waals surface area contributed by atoms with Crippen LogP contribution in [0.3, 0.4) is 0 Å². The monoisotopic (exact) mass is 417 g/mol. The fraction of sp³-hybridized carbons (Fsp3) is 0.350. The van der Waals surface area contributed by atoms with Crippen molar-refractivity contribution in [2.75, 3.05) is 5.32 Å². The molecule has 4 rings (SSSR count).